The average molecular weight is 399 g/mol. The molecular formula is C20H22N4OS2. The van der Waals surface area contributed by atoms with Gasteiger partial charge >= 0.3 is 0 Å². The third-order valence-electron chi connectivity index (χ3n) is 5.58. The number of nitrogens with one attached hydrogen (secondary N) is 1. The number of hydrogen-bond donors (Lipinski definition) is 1. The third-order valence-corrected chi connectivity index (χ3v) is 7.63. The van der Waals surface area contributed by atoms with Crippen molar-refractivity contribution in [2.75, 3.05) is 0 Å². The zero-order chi connectivity index (χ0) is 18.4. The van der Waals surface area contributed by atoms with Gasteiger partial charge in [0.1, 0.15) is 10.7 Å². The van der Waals surface area contributed by atoms with Crippen LogP contribution in [0.4, 0.5) is 0 Å². The first-order chi connectivity index (χ1) is 13.2. The Bertz CT molecular complexity index is 1090. The standard InChI is InChI=1S/C20H22N4OS2/c1-11-12-6-2-4-8-14(12)22-20(21-11)26-10-16-23-18(25)17-13-7-3-5-9-15(13)27-19(17)24-16/h2-10H2,1H3,(H,23,24,25). The predicted octanol–water partition coefficient (Wildman–Crippen LogP) is 4.13. The maximum Gasteiger partial charge on any atom is 0.259 e. The summed E-state index contributed by atoms with van der Waals surface area (Å²) in [5.74, 6) is 1.31. The molecule has 2 aliphatic rings. The van der Waals surface area contributed by atoms with Crippen molar-refractivity contribution in [1.29, 1.82) is 0 Å². The molecule has 0 bridgehead atoms. The summed E-state index contributed by atoms with van der Waals surface area (Å²) in [5, 5.41) is 1.62. The lowest BCUT2D eigenvalue weighted by molar-refractivity contribution is 0.642. The normalized spacial score (nSPS) is 16.3. The van der Waals surface area contributed by atoms with Crippen LogP contribution in [0.3, 0.4) is 0 Å². The number of aromatic amines is 1. The van der Waals surface area contributed by atoms with Crippen LogP contribution in [0.25, 0.3) is 10.2 Å². The van der Waals surface area contributed by atoms with Crippen molar-refractivity contribution in [2.45, 2.75) is 69.2 Å². The van der Waals surface area contributed by atoms with Crippen LogP contribution in [0.15, 0.2) is 9.95 Å². The molecule has 0 atom stereocenters. The number of aromatic nitrogens is 4. The van der Waals surface area contributed by atoms with Gasteiger partial charge in [-0.1, -0.05) is 11.8 Å². The second-order valence-corrected chi connectivity index (χ2v) is 9.44. The minimum absolute atomic E-state index is 0.0116. The SMILES string of the molecule is Cc1nc(SCc2nc3sc4c(c3c(=O)[nH]2)CCCC4)nc2c1CCCC2. The number of thioether (sulfide) groups is 1. The molecule has 0 fully saturated rings. The first-order valence-electron chi connectivity index (χ1n) is 9.71. The van der Waals surface area contributed by atoms with Crippen molar-refractivity contribution >= 4 is 33.3 Å². The Hall–Kier alpha value is -1.73. The average Bonchev–Trinajstić information content (AvgIpc) is 3.05. The van der Waals surface area contributed by atoms with Crippen molar-refractivity contribution in [3.8, 4) is 0 Å². The van der Waals surface area contributed by atoms with Crippen molar-refractivity contribution in [1.82, 2.24) is 19.9 Å². The molecule has 0 amide bonds. The molecule has 27 heavy (non-hydrogen) atoms. The van der Waals surface area contributed by atoms with Gasteiger partial charge in [-0.25, -0.2) is 15.0 Å². The molecule has 7 heteroatoms. The van der Waals surface area contributed by atoms with Crippen LogP contribution in [0.1, 0.15) is 58.9 Å². The van der Waals surface area contributed by atoms with E-state index in [1.54, 1.807) is 23.1 Å². The van der Waals surface area contributed by atoms with E-state index in [0.717, 1.165) is 52.6 Å². The topological polar surface area (TPSA) is 71.5 Å². The molecule has 3 aromatic heterocycles. The summed E-state index contributed by atoms with van der Waals surface area (Å²) >= 11 is 3.26. The molecule has 0 saturated heterocycles. The molecule has 0 spiro atoms. The van der Waals surface area contributed by atoms with Crippen molar-refractivity contribution < 1.29 is 0 Å². The van der Waals surface area contributed by atoms with Crippen molar-refractivity contribution in [3.05, 3.63) is 43.6 Å². The Kier molecular flexibility index (Phi) is 4.52. The molecule has 140 valence electrons. The first kappa shape index (κ1) is 17.4. The zero-order valence-corrected chi connectivity index (χ0v) is 17.1. The van der Waals surface area contributed by atoms with E-state index in [1.165, 1.54) is 47.4 Å². The predicted molar refractivity (Wildman–Crippen MR) is 110 cm³/mol. The first-order valence-corrected chi connectivity index (χ1v) is 11.5. The quantitative estimate of drug-likeness (QED) is 0.530. The van der Waals surface area contributed by atoms with Gasteiger partial charge < -0.3 is 4.98 Å². The molecule has 0 unspecified atom stereocenters. The highest BCUT2D eigenvalue weighted by Crippen LogP contribution is 2.34. The van der Waals surface area contributed by atoms with Crippen molar-refractivity contribution in [3.63, 3.8) is 0 Å². The molecule has 0 radical (unpaired) electrons. The summed E-state index contributed by atoms with van der Waals surface area (Å²) in [5.41, 5.74) is 4.90. The third kappa shape index (κ3) is 3.21. The van der Waals surface area contributed by atoms with E-state index in [4.69, 9.17) is 9.97 Å². The van der Waals surface area contributed by atoms with E-state index in [-0.39, 0.29) is 5.56 Å². The van der Waals surface area contributed by atoms with E-state index < -0.39 is 0 Å². The maximum atomic E-state index is 12.7. The van der Waals surface area contributed by atoms with Gasteiger partial charge in [0.25, 0.3) is 5.56 Å². The Balaban J connectivity index is 1.42. The molecule has 2 aliphatic carbocycles. The van der Waals surface area contributed by atoms with Crippen LogP contribution < -0.4 is 5.56 Å². The van der Waals surface area contributed by atoms with Crippen LogP contribution >= 0.6 is 23.1 Å². The van der Waals surface area contributed by atoms with Gasteiger partial charge in [0.15, 0.2) is 5.16 Å². The van der Waals surface area contributed by atoms with Gasteiger partial charge in [-0.05, 0) is 69.4 Å². The van der Waals surface area contributed by atoms with Crippen molar-refractivity contribution in [2.24, 2.45) is 0 Å². The Labute approximate surface area is 166 Å². The fraction of sp³-hybridized carbons (Fsp3) is 0.500. The number of rotatable bonds is 3. The Morgan fingerprint density at radius 1 is 1.00 bits per heavy atom. The van der Waals surface area contributed by atoms with E-state index in [0.29, 0.717) is 5.75 Å². The lowest BCUT2D eigenvalue weighted by Gasteiger charge is -2.17. The summed E-state index contributed by atoms with van der Waals surface area (Å²) in [6.45, 7) is 2.08. The minimum Gasteiger partial charge on any atom is -0.309 e. The van der Waals surface area contributed by atoms with Crippen LogP contribution in [0.2, 0.25) is 0 Å². The highest BCUT2D eigenvalue weighted by atomic mass is 32.2. The zero-order valence-electron chi connectivity index (χ0n) is 15.4. The fourth-order valence-corrected chi connectivity index (χ4v) is 6.29. The van der Waals surface area contributed by atoms with Crippen LogP contribution in [0.5, 0.6) is 0 Å². The van der Waals surface area contributed by atoms with Gasteiger partial charge in [0.2, 0.25) is 0 Å². The van der Waals surface area contributed by atoms with Gasteiger partial charge in [-0.15, -0.1) is 11.3 Å². The lowest BCUT2D eigenvalue weighted by atomic mass is 9.95. The number of nitrogens with zero attached hydrogens (tertiary/aromatic N) is 3. The van der Waals surface area contributed by atoms with E-state index in [1.807, 2.05) is 0 Å². The van der Waals surface area contributed by atoms with Crippen LogP contribution in [-0.2, 0) is 31.4 Å². The summed E-state index contributed by atoms with van der Waals surface area (Å²) < 4.78 is 0. The van der Waals surface area contributed by atoms with E-state index in [2.05, 4.69) is 16.9 Å². The number of hydrogen-bond acceptors (Lipinski definition) is 6. The molecule has 5 rings (SSSR count). The largest absolute Gasteiger partial charge is 0.309 e. The summed E-state index contributed by atoms with van der Waals surface area (Å²) in [4.78, 5) is 32.1. The van der Waals surface area contributed by atoms with Gasteiger partial charge in [-0.3, -0.25) is 4.79 Å². The summed E-state index contributed by atoms with van der Waals surface area (Å²) in [6, 6.07) is 0. The molecule has 1 N–H and O–H groups in total. The van der Waals surface area contributed by atoms with Gasteiger partial charge in [-0.2, -0.15) is 0 Å². The van der Waals surface area contributed by atoms with E-state index in [9.17, 15) is 4.79 Å². The maximum absolute atomic E-state index is 12.7. The Morgan fingerprint density at radius 2 is 1.78 bits per heavy atom. The second kappa shape index (κ2) is 7.02. The highest BCUT2D eigenvalue weighted by Gasteiger charge is 2.20. The number of H-pyrrole nitrogens is 1. The molecule has 3 heterocycles. The summed E-state index contributed by atoms with van der Waals surface area (Å²) in [7, 11) is 0. The van der Waals surface area contributed by atoms with Crippen LogP contribution in [-0.4, -0.2) is 19.9 Å². The number of fused-ring (bicyclic) bond motifs is 4. The lowest BCUT2D eigenvalue weighted by Crippen LogP contribution is -2.13. The van der Waals surface area contributed by atoms with E-state index >= 15 is 0 Å². The molecule has 0 saturated carbocycles. The molecule has 3 aromatic rings. The number of aryl methyl sites for hydroxylation is 4. The van der Waals surface area contributed by atoms with Gasteiger partial charge in [0, 0.05) is 16.3 Å². The summed E-state index contributed by atoms with van der Waals surface area (Å²) in [6.07, 6.45) is 9.08. The monoisotopic (exact) mass is 398 g/mol. The van der Waals surface area contributed by atoms with Crippen LogP contribution in [0, 0.1) is 6.92 Å². The fourth-order valence-electron chi connectivity index (χ4n) is 4.23. The molecular weight excluding hydrogens is 376 g/mol. The number of thiophene rings is 1. The molecule has 5 nitrogen and oxygen atoms in total. The van der Waals surface area contributed by atoms with Gasteiger partial charge in [0.05, 0.1) is 11.1 Å². The molecule has 0 aromatic carbocycles. The Morgan fingerprint density at radius 3 is 2.67 bits per heavy atom. The minimum atomic E-state index is 0.0116. The highest BCUT2D eigenvalue weighted by molar-refractivity contribution is 7.98. The molecule has 0 aliphatic heterocycles. The smallest absolute Gasteiger partial charge is 0.259 e. The second-order valence-electron chi connectivity index (χ2n) is 7.42.